The first-order chi connectivity index (χ1) is 10.4. The lowest BCUT2D eigenvalue weighted by Crippen LogP contribution is -2.33. The third-order valence-corrected chi connectivity index (χ3v) is 3.24. The Morgan fingerprint density at radius 2 is 1.74 bits per heavy atom. The van der Waals surface area contributed by atoms with E-state index in [-0.39, 0.29) is 33.5 Å². The van der Waals surface area contributed by atoms with Gasteiger partial charge in [0, 0.05) is 19.5 Å². The Kier molecular flexibility index (Phi) is 9.59. The van der Waals surface area contributed by atoms with Crippen molar-refractivity contribution < 1.29 is 27.3 Å². The number of carbonyl (C=O) groups excluding carboxylic acids is 2. The Bertz CT molecular complexity index is 589. The molecule has 0 atom stereocenters. The molecule has 0 aliphatic rings. The van der Waals surface area contributed by atoms with Gasteiger partial charge in [-0.3, -0.25) is 9.35 Å². The Morgan fingerprint density at radius 1 is 1.09 bits per heavy atom. The lowest BCUT2D eigenvalue weighted by Gasteiger charge is -2.07. The minimum atomic E-state index is -4.09. The summed E-state index contributed by atoms with van der Waals surface area (Å²) in [5, 5.41) is 4.70. The second-order valence-electron chi connectivity index (χ2n) is 4.37. The van der Waals surface area contributed by atoms with E-state index in [1.54, 1.807) is 0 Å². The van der Waals surface area contributed by atoms with Crippen molar-refractivity contribution in [3.8, 4) is 0 Å². The third-order valence-electron chi connectivity index (χ3n) is 2.52. The smallest absolute Gasteiger partial charge is 0.407 e. The van der Waals surface area contributed by atoms with Gasteiger partial charge in [0.15, 0.2) is 0 Å². The molecule has 23 heavy (non-hydrogen) atoms. The zero-order valence-electron chi connectivity index (χ0n) is 11.8. The highest BCUT2D eigenvalue weighted by atomic mass is 32.2. The lowest BCUT2D eigenvalue weighted by molar-refractivity contribution is -0.120. The summed E-state index contributed by atoms with van der Waals surface area (Å²) in [7, 11) is -4.09. The molecule has 0 bridgehead atoms. The van der Waals surface area contributed by atoms with Crippen LogP contribution in [0.2, 0.25) is 0 Å². The SMILES string of the molecule is C.O=C(CCNC(=O)OCc1ccccc1)NCCS(=O)(=O)O. The summed E-state index contributed by atoms with van der Waals surface area (Å²) >= 11 is 0. The van der Waals surface area contributed by atoms with E-state index in [1.165, 1.54) is 0 Å². The zero-order chi connectivity index (χ0) is 16.4. The van der Waals surface area contributed by atoms with Crippen LogP contribution in [0, 0.1) is 0 Å². The Balaban J connectivity index is 0.00000484. The quantitative estimate of drug-likeness (QED) is 0.602. The molecular weight excluding hydrogens is 324 g/mol. The molecule has 0 aliphatic heterocycles. The molecule has 8 nitrogen and oxygen atoms in total. The molecule has 0 saturated heterocycles. The Labute approximate surface area is 136 Å². The van der Waals surface area contributed by atoms with Gasteiger partial charge < -0.3 is 15.4 Å². The number of hydrogen-bond acceptors (Lipinski definition) is 5. The van der Waals surface area contributed by atoms with Gasteiger partial charge >= 0.3 is 6.09 Å². The number of hydrogen-bond donors (Lipinski definition) is 3. The molecule has 1 aromatic carbocycles. The Hall–Kier alpha value is -2.13. The first-order valence-electron chi connectivity index (χ1n) is 6.53. The topological polar surface area (TPSA) is 122 Å². The summed E-state index contributed by atoms with van der Waals surface area (Å²) in [5.41, 5.74) is 0.848. The van der Waals surface area contributed by atoms with Crippen LogP contribution in [0.5, 0.6) is 0 Å². The molecule has 0 heterocycles. The molecule has 3 N–H and O–H groups in total. The van der Waals surface area contributed by atoms with Gasteiger partial charge in [-0.15, -0.1) is 0 Å². The number of alkyl carbamates (subject to hydrolysis) is 1. The Morgan fingerprint density at radius 3 is 2.35 bits per heavy atom. The minimum absolute atomic E-state index is 0. The van der Waals surface area contributed by atoms with E-state index in [2.05, 4.69) is 10.6 Å². The number of benzene rings is 1. The van der Waals surface area contributed by atoms with Crippen LogP contribution in [0.25, 0.3) is 0 Å². The van der Waals surface area contributed by atoms with Gasteiger partial charge in [0.1, 0.15) is 6.61 Å². The third kappa shape index (κ3) is 11.1. The number of carbonyl (C=O) groups is 2. The second kappa shape index (κ2) is 10.6. The highest BCUT2D eigenvalue weighted by molar-refractivity contribution is 7.85. The van der Waals surface area contributed by atoms with Gasteiger partial charge in [-0.25, -0.2) is 4.79 Å². The first-order valence-corrected chi connectivity index (χ1v) is 8.14. The van der Waals surface area contributed by atoms with E-state index in [9.17, 15) is 18.0 Å². The van der Waals surface area contributed by atoms with Crippen molar-refractivity contribution in [1.82, 2.24) is 10.6 Å². The van der Waals surface area contributed by atoms with E-state index in [4.69, 9.17) is 9.29 Å². The molecule has 0 radical (unpaired) electrons. The molecule has 1 aromatic rings. The number of ether oxygens (including phenoxy) is 1. The first kappa shape index (κ1) is 20.9. The van der Waals surface area contributed by atoms with Crippen molar-refractivity contribution in [2.24, 2.45) is 0 Å². The number of nitrogens with one attached hydrogen (secondary N) is 2. The molecule has 0 unspecified atom stereocenters. The van der Waals surface area contributed by atoms with Crippen LogP contribution < -0.4 is 10.6 Å². The van der Waals surface area contributed by atoms with Crippen LogP contribution >= 0.6 is 0 Å². The molecule has 0 aliphatic carbocycles. The lowest BCUT2D eigenvalue weighted by atomic mass is 10.2. The average Bonchev–Trinajstić information content (AvgIpc) is 2.45. The number of amides is 2. The van der Waals surface area contributed by atoms with Gasteiger partial charge in [-0.05, 0) is 5.56 Å². The van der Waals surface area contributed by atoms with Crippen molar-refractivity contribution in [3.05, 3.63) is 35.9 Å². The second-order valence-corrected chi connectivity index (χ2v) is 5.95. The maximum atomic E-state index is 11.4. The molecule has 0 aromatic heterocycles. The van der Waals surface area contributed by atoms with Crippen LogP contribution in [-0.2, 0) is 26.3 Å². The fourth-order valence-electron chi connectivity index (χ4n) is 1.46. The molecule has 2 amide bonds. The molecule has 0 saturated carbocycles. The van der Waals surface area contributed by atoms with Gasteiger partial charge in [0.2, 0.25) is 5.91 Å². The fraction of sp³-hybridized carbons (Fsp3) is 0.429. The molecule has 9 heteroatoms. The van der Waals surface area contributed by atoms with Crippen molar-refractivity contribution in [2.75, 3.05) is 18.8 Å². The minimum Gasteiger partial charge on any atom is -0.445 e. The van der Waals surface area contributed by atoms with Crippen LogP contribution in [-0.4, -0.2) is 43.8 Å². The van der Waals surface area contributed by atoms with Crippen molar-refractivity contribution in [2.45, 2.75) is 20.5 Å². The highest BCUT2D eigenvalue weighted by Crippen LogP contribution is 2.00. The predicted octanol–water partition coefficient (Wildman–Crippen LogP) is 0.943. The largest absolute Gasteiger partial charge is 0.445 e. The predicted molar refractivity (Wildman–Crippen MR) is 85.4 cm³/mol. The van der Waals surface area contributed by atoms with Crippen LogP contribution in [0.1, 0.15) is 19.4 Å². The maximum Gasteiger partial charge on any atom is 0.407 e. The molecule has 1 rings (SSSR count). The zero-order valence-corrected chi connectivity index (χ0v) is 12.6. The average molecular weight is 346 g/mol. The van der Waals surface area contributed by atoms with Crippen molar-refractivity contribution in [3.63, 3.8) is 0 Å². The highest BCUT2D eigenvalue weighted by Gasteiger charge is 2.07. The van der Waals surface area contributed by atoms with Gasteiger partial charge in [0.05, 0.1) is 5.75 Å². The van der Waals surface area contributed by atoms with E-state index in [0.717, 1.165) is 5.56 Å². The molecule has 0 spiro atoms. The van der Waals surface area contributed by atoms with Gasteiger partial charge in [0.25, 0.3) is 10.1 Å². The van der Waals surface area contributed by atoms with Gasteiger partial charge in [-0.2, -0.15) is 8.42 Å². The van der Waals surface area contributed by atoms with Crippen LogP contribution in [0.4, 0.5) is 4.79 Å². The molecular formula is C14H22N2O6S. The standard InChI is InChI=1S/C13H18N2O6S.CH4/c16-12(14-8-9-22(18,19)20)6-7-15-13(17)21-10-11-4-2-1-3-5-11;/h1-5H,6-10H2,(H,14,16)(H,15,17)(H,18,19,20);1H4. The van der Waals surface area contributed by atoms with Crippen LogP contribution in [0.3, 0.4) is 0 Å². The van der Waals surface area contributed by atoms with Crippen LogP contribution in [0.15, 0.2) is 30.3 Å². The summed E-state index contributed by atoms with van der Waals surface area (Å²) in [5.74, 6) is -0.988. The van der Waals surface area contributed by atoms with Gasteiger partial charge in [-0.1, -0.05) is 37.8 Å². The molecule has 0 fully saturated rings. The van der Waals surface area contributed by atoms with E-state index < -0.39 is 27.9 Å². The maximum absolute atomic E-state index is 11.4. The number of rotatable bonds is 8. The van der Waals surface area contributed by atoms with E-state index in [0.29, 0.717) is 0 Å². The summed E-state index contributed by atoms with van der Waals surface area (Å²) in [6.07, 6.45) is -0.666. The normalized spacial score (nSPS) is 10.3. The summed E-state index contributed by atoms with van der Waals surface area (Å²) < 4.78 is 34.3. The summed E-state index contributed by atoms with van der Waals surface area (Å²) in [4.78, 5) is 22.7. The fourth-order valence-corrected chi connectivity index (χ4v) is 1.82. The summed E-state index contributed by atoms with van der Waals surface area (Å²) in [6.45, 7) is 0.00861. The van der Waals surface area contributed by atoms with E-state index >= 15 is 0 Å². The van der Waals surface area contributed by atoms with E-state index in [1.807, 2.05) is 30.3 Å². The summed E-state index contributed by atoms with van der Waals surface area (Å²) in [6, 6.07) is 9.14. The van der Waals surface area contributed by atoms with Crippen molar-refractivity contribution in [1.29, 1.82) is 0 Å². The molecule has 130 valence electrons. The van der Waals surface area contributed by atoms with Crippen molar-refractivity contribution >= 4 is 22.1 Å². The monoisotopic (exact) mass is 346 g/mol.